The first kappa shape index (κ1) is 15.5. The van der Waals surface area contributed by atoms with Crippen molar-refractivity contribution < 1.29 is 0 Å². The molecule has 0 saturated heterocycles. The van der Waals surface area contributed by atoms with Crippen LogP contribution in [0.15, 0.2) is 73.1 Å². The van der Waals surface area contributed by atoms with Crippen molar-refractivity contribution in [3.63, 3.8) is 0 Å². The molecule has 3 aromatic rings. The van der Waals surface area contributed by atoms with Gasteiger partial charge in [0.05, 0.1) is 0 Å². The molecule has 0 fully saturated rings. The van der Waals surface area contributed by atoms with E-state index in [9.17, 15) is 0 Å². The third-order valence-electron chi connectivity index (χ3n) is 4.83. The molecular weight excluding hydrogens is 278 g/mol. The number of rotatable bonds is 4. The Morgan fingerprint density at radius 1 is 0.739 bits per heavy atom. The highest BCUT2D eigenvalue weighted by Gasteiger charge is 2.30. The smallest absolute Gasteiger partial charge is 0.0424 e. The summed E-state index contributed by atoms with van der Waals surface area (Å²) in [6, 6.07) is 22.1. The van der Waals surface area contributed by atoms with Crippen molar-refractivity contribution in [2.75, 3.05) is 0 Å². The van der Waals surface area contributed by atoms with E-state index in [0.29, 0.717) is 0 Å². The maximum atomic E-state index is 4.19. The second-order valence-corrected chi connectivity index (χ2v) is 6.28. The van der Waals surface area contributed by atoms with Crippen LogP contribution in [-0.4, -0.2) is 4.98 Å². The molecule has 1 heterocycles. The van der Waals surface area contributed by atoms with E-state index in [1.54, 1.807) is 0 Å². The highest BCUT2D eigenvalue weighted by molar-refractivity contribution is 5.49. The number of pyridine rings is 1. The fourth-order valence-corrected chi connectivity index (χ4v) is 3.15. The SMILES string of the molecule is CCc1ccc([C@](C)(c2ccncc2)c2ccc(C)cc2)cc1. The van der Waals surface area contributed by atoms with Gasteiger partial charge in [0.15, 0.2) is 0 Å². The van der Waals surface area contributed by atoms with Crippen molar-refractivity contribution in [3.05, 3.63) is 101 Å². The Morgan fingerprint density at radius 3 is 1.74 bits per heavy atom. The Kier molecular flexibility index (Phi) is 4.29. The summed E-state index contributed by atoms with van der Waals surface area (Å²) in [5.41, 5.74) is 6.36. The quantitative estimate of drug-likeness (QED) is 0.636. The van der Waals surface area contributed by atoms with Crippen LogP contribution in [0.2, 0.25) is 0 Å². The molecule has 0 aliphatic heterocycles. The molecule has 0 amide bonds. The largest absolute Gasteiger partial charge is 0.265 e. The number of aryl methyl sites for hydroxylation is 2. The third-order valence-corrected chi connectivity index (χ3v) is 4.83. The Bertz CT molecular complexity index is 757. The van der Waals surface area contributed by atoms with E-state index in [1.165, 1.54) is 27.8 Å². The van der Waals surface area contributed by atoms with Gasteiger partial charge in [-0.1, -0.05) is 61.0 Å². The second-order valence-electron chi connectivity index (χ2n) is 6.28. The molecule has 0 aliphatic rings. The van der Waals surface area contributed by atoms with Crippen molar-refractivity contribution in [3.8, 4) is 0 Å². The lowest BCUT2D eigenvalue weighted by Crippen LogP contribution is -2.25. The number of aromatic nitrogens is 1. The molecule has 1 atom stereocenters. The van der Waals surface area contributed by atoms with Crippen LogP contribution >= 0.6 is 0 Å². The van der Waals surface area contributed by atoms with Crippen LogP contribution in [0, 0.1) is 6.92 Å². The van der Waals surface area contributed by atoms with E-state index >= 15 is 0 Å². The standard InChI is InChI=1S/C22H23N/c1-4-18-7-11-20(12-8-18)22(3,21-13-15-23-16-14-21)19-9-5-17(2)6-10-19/h5-16H,4H2,1-3H3/t22-/m1/s1. The predicted octanol–water partition coefficient (Wildman–Crippen LogP) is 5.31. The molecule has 2 aromatic carbocycles. The Morgan fingerprint density at radius 2 is 1.22 bits per heavy atom. The summed E-state index contributed by atoms with van der Waals surface area (Å²) in [6.45, 7) is 6.62. The van der Waals surface area contributed by atoms with Gasteiger partial charge in [-0.15, -0.1) is 0 Å². The number of nitrogens with zero attached hydrogens (tertiary/aromatic N) is 1. The second kappa shape index (κ2) is 6.37. The van der Waals surface area contributed by atoms with Crippen LogP contribution < -0.4 is 0 Å². The van der Waals surface area contributed by atoms with Gasteiger partial charge in [-0.05, 0) is 54.7 Å². The van der Waals surface area contributed by atoms with E-state index in [1.807, 2.05) is 12.4 Å². The zero-order valence-electron chi connectivity index (χ0n) is 14.1. The van der Waals surface area contributed by atoms with E-state index in [-0.39, 0.29) is 5.41 Å². The molecule has 0 radical (unpaired) electrons. The van der Waals surface area contributed by atoms with Crippen molar-refractivity contribution in [1.29, 1.82) is 0 Å². The molecule has 0 aliphatic carbocycles. The average molecular weight is 301 g/mol. The lowest BCUT2D eigenvalue weighted by atomic mass is 9.71. The molecular formula is C22H23N. The minimum absolute atomic E-state index is 0.178. The van der Waals surface area contributed by atoms with Crippen LogP contribution in [0.4, 0.5) is 0 Å². The summed E-state index contributed by atoms with van der Waals surface area (Å²) in [5.74, 6) is 0. The molecule has 0 saturated carbocycles. The van der Waals surface area contributed by atoms with E-state index < -0.39 is 0 Å². The molecule has 0 unspecified atom stereocenters. The summed E-state index contributed by atoms with van der Waals surface area (Å²) in [6.07, 6.45) is 4.82. The van der Waals surface area contributed by atoms with Gasteiger partial charge in [0.25, 0.3) is 0 Å². The Balaban J connectivity index is 2.18. The normalized spacial score (nSPS) is 13.5. The summed E-state index contributed by atoms with van der Waals surface area (Å²) in [4.78, 5) is 4.19. The zero-order chi connectivity index (χ0) is 16.3. The van der Waals surface area contributed by atoms with Gasteiger partial charge < -0.3 is 0 Å². The van der Waals surface area contributed by atoms with Crippen molar-refractivity contribution >= 4 is 0 Å². The monoisotopic (exact) mass is 301 g/mol. The van der Waals surface area contributed by atoms with Gasteiger partial charge in [0.2, 0.25) is 0 Å². The van der Waals surface area contributed by atoms with Gasteiger partial charge in [-0.2, -0.15) is 0 Å². The third kappa shape index (κ3) is 2.92. The molecule has 0 spiro atoms. The first-order valence-electron chi connectivity index (χ1n) is 8.21. The molecule has 1 heteroatoms. The number of hydrogen-bond donors (Lipinski definition) is 0. The minimum Gasteiger partial charge on any atom is -0.265 e. The van der Waals surface area contributed by atoms with Crippen LogP contribution in [0.25, 0.3) is 0 Å². The maximum Gasteiger partial charge on any atom is 0.0424 e. The van der Waals surface area contributed by atoms with Gasteiger partial charge in [-0.3, -0.25) is 4.98 Å². The summed E-state index contributed by atoms with van der Waals surface area (Å²) in [5, 5.41) is 0. The first-order valence-corrected chi connectivity index (χ1v) is 8.21. The van der Waals surface area contributed by atoms with Gasteiger partial charge in [-0.25, -0.2) is 0 Å². The fourth-order valence-electron chi connectivity index (χ4n) is 3.15. The molecule has 3 rings (SSSR count). The topological polar surface area (TPSA) is 12.9 Å². The Labute approximate surface area is 139 Å². The summed E-state index contributed by atoms with van der Waals surface area (Å²) < 4.78 is 0. The molecule has 116 valence electrons. The lowest BCUT2D eigenvalue weighted by Gasteiger charge is -2.32. The molecule has 0 bridgehead atoms. The molecule has 1 aromatic heterocycles. The van der Waals surface area contributed by atoms with Crippen LogP contribution in [0.1, 0.15) is 41.7 Å². The van der Waals surface area contributed by atoms with Crippen LogP contribution in [-0.2, 0) is 11.8 Å². The highest BCUT2D eigenvalue weighted by Crippen LogP contribution is 2.38. The summed E-state index contributed by atoms with van der Waals surface area (Å²) >= 11 is 0. The number of benzene rings is 2. The maximum absolute atomic E-state index is 4.19. The Hall–Kier alpha value is -2.41. The average Bonchev–Trinajstić information content (AvgIpc) is 2.62. The molecule has 0 N–H and O–H groups in total. The fraction of sp³-hybridized carbons (Fsp3) is 0.227. The zero-order valence-corrected chi connectivity index (χ0v) is 14.1. The molecule has 23 heavy (non-hydrogen) atoms. The predicted molar refractivity (Wildman–Crippen MR) is 96.8 cm³/mol. The van der Waals surface area contributed by atoms with Crippen LogP contribution in [0.5, 0.6) is 0 Å². The van der Waals surface area contributed by atoms with Crippen LogP contribution in [0.3, 0.4) is 0 Å². The van der Waals surface area contributed by atoms with Crippen molar-refractivity contribution in [2.24, 2.45) is 0 Å². The molecule has 1 nitrogen and oxygen atoms in total. The minimum atomic E-state index is -0.178. The van der Waals surface area contributed by atoms with Gasteiger partial charge in [0, 0.05) is 17.8 Å². The summed E-state index contributed by atoms with van der Waals surface area (Å²) in [7, 11) is 0. The van der Waals surface area contributed by atoms with Gasteiger partial charge in [0.1, 0.15) is 0 Å². The highest BCUT2D eigenvalue weighted by atomic mass is 14.6. The van der Waals surface area contributed by atoms with E-state index in [4.69, 9.17) is 0 Å². The first-order chi connectivity index (χ1) is 11.1. The van der Waals surface area contributed by atoms with E-state index in [0.717, 1.165) is 6.42 Å². The lowest BCUT2D eigenvalue weighted by molar-refractivity contribution is 0.690. The number of hydrogen-bond acceptors (Lipinski definition) is 1. The van der Waals surface area contributed by atoms with Crippen molar-refractivity contribution in [1.82, 2.24) is 4.98 Å². The van der Waals surface area contributed by atoms with Gasteiger partial charge >= 0.3 is 0 Å². The van der Waals surface area contributed by atoms with E-state index in [2.05, 4.69) is 86.4 Å². The van der Waals surface area contributed by atoms with Crippen molar-refractivity contribution in [2.45, 2.75) is 32.6 Å².